The second-order valence-corrected chi connectivity index (χ2v) is 4.02. The number of H-pyrrole nitrogens is 2. The molecule has 2 atom stereocenters. The molecule has 0 radical (unpaired) electrons. The first kappa shape index (κ1) is 11.8. The number of hydrogen-bond acceptors (Lipinski definition) is 6. The first-order chi connectivity index (χ1) is 8.11. The van der Waals surface area contributed by atoms with E-state index < -0.39 is 11.2 Å². The lowest BCUT2D eigenvalue weighted by molar-refractivity contribution is 0.0278. The fourth-order valence-corrected chi connectivity index (χ4v) is 1.79. The Morgan fingerprint density at radius 3 is 3.00 bits per heavy atom. The quantitative estimate of drug-likeness (QED) is 0.552. The molecule has 2 heterocycles. The van der Waals surface area contributed by atoms with Crippen molar-refractivity contribution in [3.8, 4) is 0 Å². The summed E-state index contributed by atoms with van der Waals surface area (Å²) in [5.74, 6) is 0.193. The Labute approximate surface area is 96.8 Å². The maximum atomic E-state index is 11.6. The summed E-state index contributed by atoms with van der Waals surface area (Å²) in [5.41, 5.74) is 4.42. The van der Waals surface area contributed by atoms with Crippen LogP contribution in [-0.4, -0.2) is 47.0 Å². The van der Waals surface area contributed by atoms with Crippen molar-refractivity contribution in [1.29, 1.82) is 0 Å². The Morgan fingerprint density at radius 2 is 2.35 bits per heavy atom. The number of nitrogens with one attached hydrogen (secondary N) is 2. The summed E-state index contributed by atoms with van der Waals surface area (Å²) < 4.78 is 5.48. The summed E-state index contributed by atoms with van der Waals surface area (Å²) in [4.78, 5) is 26.5. The molecule has 0 aliphatic carbocycles. The molecule has 1 aliphatic heterocycles. The van der Waals surface area contributed by atoms with E-state index in [1.807, 2.05) is 6.92 Å². The molecule has 0 spiro atoms. The van der Waals surface area contributed by atoms with Gasteiger partial charge in [0.15, 0.2) is 0 Å². The van der Waals surface area contributed by atoms with Crippen LogP contribution in [0.15, 0.2) is 9.59 Å². The van der Waals surface area contributed by atoms with E-state index in [1.165, 1.54) is 0 Å². The standard InChI is InChI=1S/C9H15N5O3/c1-5-4-17-6(2-10)3-14(5)7-8(15)11-9(16)13-12-7/h5-6H,2-4,10H2,1H3,(H2,11,13,15,16). The van der Waals surface area contributed by atoms with E-state index in [1.54, 1.807) is 4.90 Å². The molecule has 0 amide bonds. The molecule has 94 valence electrons. The molecule has 0 bridgehead atoms. The highest BCUT2D eigenvalue weighted by Gasteiger charge is 2.28. The minimum Gasteiger partial charge on any atom is -0.373 e. The molecule has 8 nitrogen and oxygen atoms in total. The second kappa shape index (κ2) is 4.68. The molecule has 8 heteroatoms. The molecule has 0 saturated carbocycles. The van der Waals surface area contributed by atoms with Gasteiger partial charge in [-0.3, -0.25) is 9.78 Å². The molecule has 2 rings (SSSR count). The number of anilines is 1. The predicted molar refractivity (Wildman–Crippen MR) is 61.1 cm³/mol. The topological polar surface area (TPSA) is 117 Å². The highest BCUT2D eigenvalue weighted by molar-refractivity contribution is 5.36. The van der Waals surface area contributed by atoms with E-state index in [0.29, 0.717) is 19.7 Å². The molecule has 1 aromatic rings. The number of hydrogen-bond donors (Lipinski definition) is 3. The number of ether oxygens (including phenoxy) is 1. The van der Waals surface area contributed by atoms with Crippen molar-refractivity contribution < 1.29 is 4.74 Å². The molecule has 1 aromatic heterocycles. The maximum absolute atomic E-state index is 11.6. The third-order valence-electron chi connectivity index (χ3n) is 2.73. The van der Waals surface area contributed by atoms with Gasteiger partial charge in [0, 0.05) is 13.1 Å². The van der Waals surface area contributed by atoms with Gasteiger partial charge in [-0.15, -0.1) is 5.10 Å². The van der Waals surface area contributed by atoms with Crippen molar-refractivity contribution in [1.82, 2.24) is 15.2 Å². The fourth-order valence-electron chi connectivity index (χ4n) is 1.79. The van der Waals surface area contributed by atoms with Gasteiger partial charge in [0.1, 0.15) is 0 Å². The summed E-state index contributed by atoms with van der Waals surface area (Å²) in [6.07, 6.45) is -0.126. The van der Waals surface area contributed by atoms with Gasteiger partial charge in [0.05, 0.1) is 18.8 Å². The van der Waals surface area contributed by atoms with Crippen molar-refractivity contribution in [2.45, 2.75) is 19.1 Å². The number of nitrogens with zero attached hydrogens (tertiary/aromatic N) is 2. The molecule has 17 heavy (non-hydrogen) atoms. The number of nitrogens with two attached hydrogens (primary N) is 1. The van der Waals surface area contributed by atoms with Crippen LogP contribution in [0.2, 0.25) is 0 Å². The van der Waals surface area contributed by atoms with Gasteiger partial charge in [0.25, 0.3) is 5.56 Å². The van der Waals surface area contributed by atoms with Crippen LogP contribution in [0.1, 0.15) is 6.92 Å². The van der Waals surface area contributed by atoms with E-state index in [2.05, 4.69) is 15.2 Å². The van der Waals surface area contributed by atoms with Gasteiger partial charge in [-0.05, 0) is 6.92 Å². The number of aromatic nitrogens is 3. The zero-order chi connectivity index (χ0) is 12.4. The third kappa shape index (κ3) is 2.37. The van der Waals surface area contributed by atoms with Crippen LogP contribution in [0, 0.1) is 0 Å². The van der Waals surface area contributed by atoms with Crippen LogP contribution in [0.25, 0.3) is 0 Å². The van der Waals surface area contributed by atoms with Crippen molar-refractivity contribution >= 4 is 5.82 Å². The SMILES string of the molecule is CC1COC(CN)CN1c1n[nH]c(=O)[nH]c1=O. The molecule has 0 aromatic carbocycles. The Hall–Kier alpha value is -1.67. The van der Waals surface area contributed by atoms with Gasteiger partial charge >= 0.3 is 5.69 Å². The largest absolute Gasteiger partial charge is 0.373 e. The molecule has 2 unspecified atom stereocenters. The van der Waals surface area contributed by atoms with Crippen molar-refractivity contribution in [2.75, 3.05) is 24.6 Å². The molecule has 1 saturated heterocycles. The second-order valence-electron chi connectivity index (χ2n) is 4.02. The lowest BCUT2D eigenvalue weighted by atomic mass is 10.2. The van der Waals surface area contributed by atoms with Crippen molar-refractivity contribution in [3.63, 3.8) is 0 Å². The number of aromatic amines is 2. The van der Waals surface area contributed by atoms with Crippen molar-refractivity contribution in [3.05, 3.63) is 20.8 Å². The highest BCUT2D eigenvalue weighted by Crippen LogP contribution is 2.14. The average molecular weight is 241 g/mol. The zero-order valence-corrected chi connectivity index (χ0v) is 9.47. The Balaban J connectivity index is 2.30. The van der Waals surface area contributed by atoms with Gasteiger partial charge in [-0.2, -0.15) is 0 Å². The van der Waals surface area contributed by atoms with Gasteiger partial charge in [-0.25, -0.2) is 9.89 Å². The van der Waals surface area contributed by atoms with Crippen LogP contribution in [-0.2, 0) is 4.74 Å². The van der Waals surface area contributed by atoms with E-state index in [4.69, 9.17) is 10.5 Å². The lowest BCUT2D eigenvalue weighted by Gasteiger charge is -2.37. The first-order valence-corrected chi connectivity index (χ1v) is 5.39. The smallest absolute Gasteiger partial charge is 0.342 e. The summed E-state index contributed by atoms with van der Waals surface area (Å²) in [7, 11) is 0. The Morgan fingerprint density at radius 1 is 1.59 bits per heavy atom. The maximum Gasteiger partial charge on any atom is 0.342 e. The average Bonchev–Trinajstić information content (AvgIpc) is 2.30. The normalized spacial score (nSPS) is 24.9. The fraction of sp³-hybridized carbons (Fsp3) is 0.667. The molecule has 1 fully saturated rings. The van der Waals surface area contributed by atoms with Gasteiger partial charge < -0.3 is 15.4 Å². The highest BCUT2D eigenvalue weighted by atomic mass is 16.5. The predicted octanol–water partition coefficient (Wildman–Crippen LogP) is -1.99. The monoisotopic (exact) mass is 241 g/mol. The van der Waals surface area contributed by atoms with E-state index in [-0.39, 0.29) is 18.0 Å². The number of rotatable bonds is 2. The van der Waals surface area contributed by atoms with E-state index >= 15 is 0 Å². The van der Waals surface area contributed by atoms with E-state index in [0.717, 1.165) is 0 Å². The van der Waals surface area contributed by atoms with Gasteiger partial charge in [0.2, 0.25) is 5.82 Å². The molecule has 4 N–H and O–H groups in total. The zero-order valence-electron chi connectivity index (χ0n) is 9.47. The summed E-state index contributed by atoms with van der Waals surface area (Å²) in [6, 6.07) is 0.0114. The van der Waals surface area contributed by atoms with E-state index in [9.17, 15) is 9.59 Å². The van der Waals surface area contributed by atoms with Gasteiger partial charge in [-0.1, -0.05) is 0 Å². The molecular weight excluding hydrogens is 226 g/mol. The third-order valence-corrected chi connectivity index (χ3v) is 2.73. The van der Waals surface area contributed by atoms with Crippen LogP contribution >= 0.6 is 0 Å². The summed E-state index contributed by atoms with van der Waals surface area (Å²) in [5, 5.41) is 5.99. The molecule has 1 aliphatic rings. The minimum atomic E-state index is -0.616. The van der Waals surface area contributed by atoms with Crippen molar-refractivity contribution in [2.24, 2.45) is 5.73 Å². The van der Waals surface area contributed by atoms with Crippen LogP contribution < -0.4 is 21.9 Å². The first-order valence-electron chi connectivity index (χ1n) is 5.39. The Kier molecular flexibility index (Phi) is 3.25. The lowest BCUT2D eigenvalue weighted by Crippen LogP contribution is -2.53. The summed E-state index contributed by atoms with van der Waals surface area (Å²) >= 11 is 0. The minimum absolute atomic E-state index is 0.0114. The van der Waals surface area contributed by atoms with Crippen LogP contribution in [0.3, 0.4) is 0 Å². The Bertz CT molecular complexity index is 496. The number of morpholine rings is 1. The summed E-state index contributed by atoms with van der Waals surface area (Å²) in [6.45, 7) is 3.26. The van der Waals surface area contributed by atoms with Crippen LogP contribution in [0.4, 0.5) is 5.82 Å². The van der Waals surface area contributed by atoms with Crippen LogP contribution in [0.5, 0.6) is 0 Å². The molecular formula is C9H15N5O3.